The van der Waals surface area contributed by atoms with E-state index in [4.69, 9.17) is 4.74 Å². The second kappa shape index (κ2) is 5.82. The van der Waals surface area contributed by atoms with Gasteiger partial charge in [0.2, 0.25) is 11.8 Å². The maximum absolute atomic E-state index is 12.0. The maximum Gasteiger partial charge on any atom is 0.238 e. The minimum atomic E-state index is -0.515. The largest absolute Gasteiger partial charge is 0.473 e. The summed E-state index contributed by atoms with van der Waals surface area (Å²) in [6, 6.07) is 3.16. The van der Waals surface area contributed by atoms with Crippen LogP contribution in [0.3, 0.4) is 0 Å². The lowest BCUT2D eigenvalue weighted by atomic mass is 9.95. The Morgan fingerprint density at radius 1 is 1.37 bits per heavy atom. The second-order valence-electron chi connectivity index (χ2n) is 5.58. The van der Waals surface area contributed by atoms with Gasteiger partial charge in [-0.1, -0.05) is 20.8 Å². The predicted molar refractivity (Wildman–Crippen MR) is 73.5 cm³/mol. The van der Waals surface area contributed by atoms with E-state index in [-0.39, 0.29) is 23.6 Å². The molecule has 0 unspecified atom stereocenters. The minimum Gasteiger partial charge on any atom is -0.473 e. The fourth-order valence-electron chi connectivity index (χ4n) is 1.24. The number of nitrogens with zero attached hydrogens (tertiary/aromatic N) is 1. The van der Waals surface area contributed by atoms with Crippen LogP contribution in [0.25, 0.3) is 0 Å². The molecule has 0 atom stereocenters. The molecule has 0 bridgehead atoms. The Labute approximate surface area is 113 Å². The van der Waals surface area contributed by atoms with Crippen molar-refractivity contribution < 1.29 is 14.3 Å². The van der Waals surface area contributed by atoms with Crippen LogP contribution in [0.15, 0.2) is 12.1 Å². The van der Waals surface area contributed by atoms with Gasteiger partial charge < -0.3 is 10.1 Å². The average molecular weight is 264 g/mol. The summed E-state index contributed by atoms with van der Waals surface area (Å²) in [5, 5.41) is 2.76. The van der Waals surface area contributed by atoms with Crippen LogP contribution in [0.4, 0.5) is 5.69 Å². The van der Waals surface area contributed by atoms with Gasteiger partial charge in [-0.2, -0.15) is 0 Å². The Hall–Kier alpha value is -1.91. The molecule has 1 N–H and O–H groups in total. The monoisotopic (exact) mass is 264 g/mol. The standard InChI is InChI=1S/C14H20N2O3/c1-9(2)19-12-11(7-6-10(8-17)15-12)16-13(18)14(3,4)5/h6-9H,1-5H3,(H,16,18). The highest BCUT2D eigenvalue weighted by Crippen LogP contribution is 2.25. The topological polar surface area (TPSA) is 68.3 Å². The van der Waals surface area contributed by atoms with Crippen molar-refractivity contribution in [3.05, 3.63) is 17.8 Å². The number of anilines is 1. The van der Waals surface area contributed by atoms with Gasteiger partial charge in [-0.05, 0) is 26.0 Å². The first kappa shape index (κ1) is 15.1. The van der Waals surface area contributed by atoms with Crippen LogP contribution in [0.2, 0.25) is 0 Å². The molecular formula is C14H20N2O3. The lowest BCUT2D eigenvalue weighted by Gasteiger charge is -2.19. The molecule has 0 aliphatic heterocycles. The van der Waals surface area contributed by atoms with Crippen LogP contribution < -0.4 is 10.1 Å². The molecule has 0 radical (unpaired) electrons. The van der Waals surface area contributed by atoms with Crippen molar-refractivity contribution in [3.63, 3.8) is 0 Å². The van der Waals surface area contributed by atoms with Gasteiger partial charge in [-0.25, -0.2) is 4.98 Å². The highest BCUT2D eigenvalue weighted by molar-refractivity contribution is 5.95. The SMILES string of the molecule is CC(C)Oc1nc(C=O)ccc1NC(=O)C(C)(C)C. The number of rotatable bonds is 4. The minimum absolute atomic E-state index is 0.0975. The van der Waals surface area contributed by atoms with E-state index in [1.807, 2.05) is 34.6 Å². The maximum atomic E-state index is 12.0. The van der Waals surface area contributed by atoms with Gasteiger partial charge in [0.15, 0.2) is 6.29 Å². The summed E-state index contributed by atoms with van der Waals surface area (Å²) in [6.07, 6.45) is 0.544. The molecule has 1 rings (SSSR count). The van der Waals surface area contributed by atoms with Crippen molar-refractivity contribution in [1.29, 1.82) is 0 Å². The van der Waals surface area contributed by atoms with Gasteiger partial charge in [0.25, 0.3) is 0 Å². The van der Waals surface area contributed by atoms with Crippen molar-refractivity contribution in [1.82, 2.24) is 4.98 Å². The molecule has 0 aliphatic rings. The highest BCUT2D eigenvalue weighted by Gasteiger charge is 2.23. The zero-order valence-corrected chi connectivity index (χ0v) is 12.0. The molecule has 1 aromatic rings. The van der Waals surface area contributed by atoms with Crippen molar-refractivity contribution in [3.8, 4) is 5.88 Å². The number of amides is 1. The summed E-state index contributed by atoms with van der Waals surface area (Å²) in [5.74, 6) is 0.124. The Morgan fingerprint density at radius 3 is 2.47 bits per heavy atom. The predicted octanol–water partition coefficient (Wildman–Crippen LogP) is 2.67. The number of hydrogen-bond acceptors (Lipinski definition) is 4. The van der Waals surface area contributed by atoms with Crippen molar-refractivity contribution in [2.45, 2.75) is 40.7 Å². The molecule has 1 amide bonds. The number of aromatic nitrogens is 1. The number of pyridine rings is 1. The average Bonchev–Trinajstić information content (AvgIpc) is 2.29. The van der Waals surface area contributed by atoms with E-state index in [1.54, 1.807) is 12.1 Å². The molecule has 19 heavy (non-hydrogen) atoms. The van der Waals surface area contributed by atoms with E-state index in [2.05, 4.69) is 10.3 Å². The molecule has 1 aromatic heterocycles. The quantitative estimate of drug-likeness (QED) is 0.849. The molecular weight excluding hydrogens is 244 g/mol. The molecule has 104 valence electrons. The first-order valence-corrected chi connectivity index (χ1v) is 6.18. The lowest BCUT2D eigenvalue weighted by molar-refractivity contribution is -0.123. The van der Waals surface area contributed by atoms with E-state index in [0.29, 0.717) is 12.0 Å². The first-order chi connectivity index (χ1) is 8.74. The molecule has 0 saturated carbocycles. The molecule has 5 heteroatoms. The zero-order chi connectivity index (χ0) is 14.6. The first-order valence-electron chi connectivity index (χ1n) is 6.18. The number of carbonyl (C=O) groups excluding carboxylic acids is 2. The summed E-state index contributed by atoms with van der Waals surface area (Å²) in [5.41, 5.74) is 0.224. The van der Waals surface area contributed by atoms with E-state index in [9.17, 15) is 9.59 Å². The van der Waals surface area contributed by atoms with Crippen molar-refractivity contribution >= 4 is 17.9 Å². The Balaban J connectivity index is 3.05. The smallest absolute Gasteiger partial charge is 0.238 e. The van der Waals surface area contributed by atoms with Crippen molar-refractivity contribution in [2.24, 2.45) is 5.41 Å². The summed E-state index contributed by atoms with van der Waals surface area (Å²) in [4.78, 5) is 26.8. The summed E-state index contributed by atoms with van der Waals surface area (Å²) in [7, 11) is 0. The molecule has 1 heterocycles. The number of ether oxygens (including phenoxy) is 1. The van der Waals surface area contributed by atoms with Gasteiger partial charge in [0.05, 0.1) is 6.10 Å². The van der Waals surface area contributed by atoms with Crippen LogP contribution in [-0.2, 0) is 4.79 Å². The van der Waals surface area contributed by atoms with E-state index < -0.39 is 5.41 Å². The van der Waals surface area contributed by atoms with Crippen LogP contribution >= 0.6 is 0 Å². The van der Waals surface area contributed by atoms with Gasteiger partial charge in [0.1, 0.15) is 11.4 Å². The summed E-state index contributed by atoms with van der Waals surface area (Å²) < 4.78 is 5.52. The summed E-state index contributed by atoms with van der Waals surface area (Å²) in [6.45, 7) is 9.16. The van der Waals surface area contributed by atoms with Gasteiger partial charge in [-0.3, -0.25) is 9.59 Å². The fraction of sp³-hybridized carbons (Fsp3) is 0.500. The zero-order valence-electron chi connectivity index (χ0n) is 12.0. The Bertz CT molecular complexity index is 476. The van der Waals surface area contributed by atoms with Gasteiger partial charge >= 0.3 is 0 Å². The number of aldehydes is 1. The fourth-order valence-corrected chi connectivity index (χ4v) is 1.24. The second-order valence-corrected chi connectivity index (χ2v) is 5.58. The van der Waals surface area contributed by atoms with E-state index in [0.717, 1.165) is 0 Å². The van der Waals surface area contributed by atoms with E-state index in [1.165, 1.54) is 0 Å². The number of nitrogens with one attached hydrogen (secondary N) is 1. The van der Waals surface area contributed by atoms with Crippen molar-refractivity contribution in [2.75, 3.05) is 5.32 Å². The van der Waals surface area contributed by atoms with Gasteiger partial charge in [-0.15, -0.1) is 0 Å². The molecule has 0 saturated heterocycles. The highest BCUT2D eigenvalue weighted by atomic mass is 16.5. The third kappa shape index (κ3) is 4.35. The molecule has 0 fully saturated rings. The van der Waals surface area contributed by atoms with Crippen LogP contribution in [0.1, 0.15) is 45.1 Å². The van der Waals surface area contributed by atoms with Crippen LogP contribution in [-0.4, -0.2) is 23.3 Å². The number of carbonyl (C=O) groups is 2. The third-order valence-corrected chi connectivity index (χ3v) is 2.28. The molecule has 0 aromatic carbocycles. The Kier molecular flexibility index (Phi) is 4.64. The van der Waals surface area contributed by atoms with Gasteiger partial charge in [0, 0.05) is 5.41 Å². The normalized spacial score (nSPS) is 11.3. The van der Waals surface area contributed by atoms with E-state index >= 15 is 0 Å². The van der Waals surface area contributed by atoms with Crippen LogP contribution in [0.5, 0.6) is 5.88 Å². The molecule has 5 nitrogen and oxygen atoms in total. The summed E-state index contributed by atoms with van der Waals surface area (Å²) >= 11 is 0. The Morgan fingerprint density at radius 2 is 2.00 bits per heavy atom. The molecule has 0 spiro atoms. The van der Waals surface area contributed by atoms with Crippen LogP contribution in [0, 0.1) is 5.41 Å². The molecule has 0 aliphatic carbocycles. The lowest BCUT2D eigenvalue weighted by Crippen LogP contribution is -2.28. The number of hydrogen-bond donors (Lipinski definition) is 1. The third-order valence-electron chi connectivity index (χ3n) is 2.28.